The largest absolute Gasteiger partial charge is 0.497 e. The Bertz CT molecular complexity index is 732. The summed E-state index contributed by atoms with van der Waals surface area (Å²) < 4.78 is 6.05. The quantitative estimate of drug-likeness (QED) is 0.781. The third-order valence-electron chi connectivity index (χ3n) is 3.12. The summed E-state index contributed by atoms with van der Waals surface area (Å²) in [6.07, 6.45) is -0.258. The average molecular weight is 377 g/mol. The van der Waals surface area contributed by atoms with Gasteiger partial charge in [0.25, 0.3) is 0 Å². The minimum atomic E-state index is -0.385. The Morgan fingerprint density at radius 1 is 1.04 bits per heavy atom. The maximum atomic E-state index is 11.9. The molecule has 23 heavy (non-hydrogen) atoms. The highest BCUT2D eigenvalue weighted by Crippen LogP contribution is 2.20. The lowest BCUT2D eigenvalue weighted by Gasteiger charge is -2.08. The number of hydrogen-bond donors (Lipinski definition) is 2. The van der Waals surface area contributed by atoms with Crippen LogP contribution in [-0.2, 0) is 9.59 Å². The Hall–Kier alpha value is -2.34. The minimum absolute atomic E-state index is 0.258. The van der Waals surface area contributed by atoms with Gasteiger partial charge < -0.3 is 15.4 Å². The molecule has 0 aromatic heterocycles. The van der Waals surface area contributed by atoms with Crippen molar-refractivity contribution in [1.29, 1.82) is 0 Å². The van der Waals surface area contributed by atoms with Gasteiger partial charge in [-0.15, -0.1) is 0 Å². The second-order valence-electron chi connectivity index (χ2n) is 4.97. The molecule has 2 aromatic carbocycles. The van der Waals surface area contributed by atoms with Crippen molar-refractivity contribution in [3.05, 3.63) is 52.5 Å². The molecule has 0 fully saturated rings. The number of hydrogen-bond acceptors (Lipinski definition) is 3. The van der Waals surface area contributed by atoms with Gasteiger partial charge in [0.2, 0.25) is 11.8 Å². The maximum Gasteiger partial charge on any atom is 0.233 e. The van der Waals surface area contributed by atoms with Gasteiger partial charge in [0.05, 0.1) is 7.11 Å². The molecule has 0 unspecified atom stereocenters. The van der Waals surface area contributed by atoms with Gasteiger partial charge in [0, 0.05) is 21.9 Å². The van der Waals surface area contributed by atoms with Crippen LogP contribution in [0.1, 0.15) is 12.0 Å². The molecule has 0 radical (unpaired) electrons. The van der Waals surface area contributed by atoms with E-state index in [1.807, 2.05) is 19.1 Å². The number of nitrogens with one attached hydrogen (secondary N) is 2. The van der Waals surface area contributed by atoms with E-state index in [0.717, 1.165) is 10.0 Å². The van der Waals surface area contributed by atoms with Crippen molar-refractivity contribution >= 4 is 39.1 Å². The summed E-state index contributed by atoms with van der Waals surface area (Å²) in [4.78, 5) is 23.8. The van der Waals surface area contributed by atoms with E-state index < -0.39 is 0 Å². The van der Waals surface area contributed by atoms with Gasteiger partial charge in [-0.25, -0.2) is 0 Å². The second-order valence-corrected chi connectivity index (χ2v) is 5.82. The Balaban J connectivity index is 1.91. The van der Waals surface area contributed by atoms with E-state index in [1.54, 1.807) is 37.4 Å². The van der Waals surface area contributed by atoms with Crippen LogP contribution < -0.4 is 15.4 Å². The molecule has 2 aromatic rings. The number of aryl methyl sites for hydroxylation is 1. The van der Waals surface area contributed by atoms with Crippen molar-refractivity contribution in [3.8, 4) is 5.75 Å². The van der Waals surface area contributed by atoms with Crippen LogP contribution in [-0.4, -0.2) is 18.9 Å². The van der Waals surface area contributed by atoms with Gasteiger partial charge in [-0.1, -0.05) is 22.0 Å². The molecular weight excluding hydrogens is 360 g/mol. The van der Waals surface area contributed by atoms with E-state index in [4.69, 9.17) is 4.74 Å². The van der Waals surface area contributed by atoms with Crippen LogP contribution in [0.2, 0.25) is 0 Å². The lowest BCUT2D eigenvalue weighted by atomic mass is 10.2. The Kier molecular flexibility index (Phi) is 5.76. The number of benzene rings is 2. The molecule has 5 nitrogen and oxygen atoms in total. The molecule has 0 saturated heterocycles. The average Bonchev–Trinajstić information content (AvgIpc) is 2.51. The predicted octanol–water partition coefficient (Wildman–Crippen LogP) is 3.73. The highest BCUT2D eigenvalue weighted by Gasteiger charge is 2.11. The summed E-state index contributed by atoms with van der Waals surface area (Å²) in [5.74, 6) is -0.116. The summed E-state index contributed by atoms with van der Waals surface area (Å²) >= 11 is 3.40. The van der Waals surface area contributed by atoms with Crippen LogP contribution in [0.4, 0.5) is 11.4 Å². The van der Waals surface area contributed by atoms with E-state index >= 15 is 0 Å². The molecule has 120 valence electrons. The molecule has 6 heteroatoms. The van der Waals surface area contributed by atoms with Gasteiger partial charge in [-0.05, 0) is 42.8 Å². The molecule has 0 heterocycles. The number of carbonyl (C=O) groups excluding carboxylic acids is 2. The highest BCUT2D eigenvalue weighted by atomic mass is 79.9. The first-order chi connectivity index (χ1) is 11.0. The summed E-state index contributed by atoms with van der Waals surface area (Å²) in [6, 6.07) is 12.4. The lowest BCUT2D eigenvalue weighted by Crippen LogP contribution is -2.21. The van der Waals surface area contributed by atoms with Crippen LogP contribution in [0.5, 0.6) is 5.75 Å². The van der Waals surface area contributed by atoms with E-state index in [0.29, 0.717) is 17.1 Å². The number of rotatable bonds is 5. The first kappa shape index (κ1) is 17.0. The molecule has 0 atom stereocenters. The topological polar surface area (TPSA) is 67.4 Å². The molecule has 2 N–H and O–H groups in total. The third kappa shape index (κ3) is 5.10. The molecule has 0 saturated carbocycles. The summed E-state index contributed by atoms with van der Waals surface area (Å²) in [7, 11) is 1.55. The van der Waals surface area contributed by atoms with Crippen LogP contribution in [0, 0.1) is 6.92 Å². The van der Waals surface area contributed by atoms with E-state index in [2.05, 4.69) is 26.6 Å². The number of methoxy groups -OCH3 is 1. The zero-order chi connectivity index (χ0) is 16.8. The lowest BCUT2D eigenvalue weighted by molar-refractivity contribution is -0.123. The predicted molar refractivity (Wildman–Crippen MR) is 93.7 cm³/mol. The van der Waals surface area contributed by atoms with Crippen molar-refractivity contribution in [1.82, 2.24) is 0 Å². The maximum absolute atomic E-state index is 11.9. The van der Waals surface area contributed by atoms with Gasteiger partial charge in [-0.2, -0.15) is 0 Å². The summed E-state index contributed by atoms with van der Waals surface area (Å²) in [5.41, 5.74) is 2.25. The number of halogens is 1. The number of ether oxygens (including phenoxy) is 1. The first-order valence-electron chi connectivity index (χ1n) is 6.98. The fraction of sp³-hybridized carbons (Fsp3) is 0.176. The van der Waals surface area contributed by atoms with Crippen molar-refractivity contribution in [2.75, 3.05) is 17.7 Å². The van der Waals surface area contributed by atoms with Gasteiger partial charge >= 0.3 is 0 Å². The zero-order valence-electron chi connectivity index (χ0n) is 12.9. The fourth-order valence-electron chi connectivity index (χ4n) is 1.98. The smallest absolute Gasteiger partial charge is 0.233 e. The molecule has 0 bridgehead atoms. The summed E-state index contributed by atoms with van der Waals surface area (Å²) in [5, 5.41) is 5.37. The van der Waals surface area contributed by atoms with Crippen molar-refractivity contribution in [2.24, 2.45) is 0 Å². The fourth-order valence-corrected chi connectivity index (χ4v) is 2.23. The zero-order valence-corrected chi connectivity index (χ0v) is 14.4. The van der Waals surface area contributed by atoms with Crippen molar-refractivity contribution in [2.45, 2.75) is 13.3 Å². The van der Waals surface area contributed by atoms with Crippen molar-refractivity contribution < 1.29 is 14.3 Å². The molecule has 0 aliphatic rings. The van der Waals surface area contributed by atoms with Gasteiger partial charge in [0.15, 0.2) is 0 Å². The number of carbonyl (C=O) groups is 2. The van der Waals surface area contributed by atoms with Gasteiger partial charge in [-0.3, -0.25) is 9.59 Å². The van der Waals surface area contributed by atoms with E-state index in [1.165, 1.54) is 0 Å². The summed E-state index contributed by atoms with van der Waals surface area (Å²) in [6.45, 7) is 1.93. The van der Waals surface area contributed by atoms with E-state index in [-0.39, 0.29) is 18.2 Å². The normalized spacial score (nSPS) is 10.0. The monoisotopic (exact) mass is 376 g/mol. The van der Waals surface area contributed by atoms with Crippen LogP contribution in [0.25, 0.3) is 0 Å². The van der Waals surface area contributed by atoms with Gasteiger partial charge in [0.1, 0.15) is 12.2 Å². The Labute approximate surface area is 143 Å². The molecule has 2 amide bonds. The van der Waals surface area contributed by atoms with Crippen LogP contribution in [0.15, 0.2) is 46.9 Å². The molecule has 0 aliphatic heterocycles. The van der Waals surface area contributed by atoms with Crippen molar-refractivity contribution in [3.63, 3.8) is 0 Å². The molecule has 0 spiro atoms. The number of anilines is 2. The first-order valence-corrected chi connectivity index (χ1v) is 7.77. The number of amides is 2. The molecule has 0 aliphatic carbocycles. The SMILES string of the molecule is COc1cccc(NC(=O)CC(=O)Nc2ccc(Br)c(C)c2)c1. The second kappa shape index (κ2) is 7.78. The molecule has 2 rings (SSSR count). The Morgan fingerprint density at radius 3 is 2.30 bits per heavy atom. The highest BCUT2D eigenvalue weighted by molar-refractivity contribution is 9.10. The molecular formula is C17H17BrN2O3. The van der Waals surface area contributed by atoms with Crippen LogP contribution in [0.3, 0.4) is 0 Å². The third-order valence-corrected chi connectivity index (χ3v) is 4.01. The van der Waals surface area contributed by atoms with E-state index in [9.17, 15) is 9.59 Å². The minimum Gasteiger partial charge on any atom is -0.497 e. The van der Waals surface area contributed by atoms with Crippen LogP contribution >= 0.6 is 15.9 Å². The standard InChI is InChI=1S/C17H17BrN2O3/c1-11-8-13(6-7-15(11)18)20-17(22)10-16(21)19-12-4-3-5-14(9-12)23-2/h3-9H,10H2,1-2H3,(H,19,21)(H,20,22). The Morgan fingerprint density at radius 2 is 1.70 bits per heavy atom.